The maximum Gasteiger partial charge on any atom is 0.106 e. The van der Waals surface area contributed by atoms with E-state index < -0.39 is 0 Å². The highest BCUT2D eigenvalue weighted by atomic mass is 79.9. The molecule has 1 aliphatic heterocycles. The van der Waals surface area contributed by atoms with Gasteiger partial charge in [0.05, 0.1) is 13.2 Å². The quantitative estimate of drug-likeness (QED) is 0.852. The third kappa shape index (κ3) is 3.55. The molecular weight excluding hydrogens is 256 g/mol. The summed E-state index contributed by atoms with van der Waals surface area (Å²) in [6.07, 6.45) is 4.30. The van der Waals surface area contributed by atoms with Crippen molar-refractivity contribution >= 4 is 15.9 Å². The molecular formula is C11H15BrN2O. The molecule has 1 fully saturated rings. The van der Waals surface area contributed by atoms with Gasteiger partial charge in [0.2, 0.25) is 0 Å². The molecule has 0 spiro atoms. The van der Waals surface area contributed by atoms with Crippen molar-refractivity contribution in [3.8, 4) is 0 Å². The second kappa shape index (κ2) is 5.58. The number of pyridine rings is 1. The van der Waals surface area contributed by atoms with Gasteiger partial charge in [-0.2, -0.15) is 0 Å². The number of rotatable bonds is 4. The summed E-state index contributed by atoms with van der Waals surface area (Å²) in [6.45, 7) is 2.61. The van der Waals surface area contributed by atoms with Gasteiger partial charge in [0.15, 0.2) is 0 Å². The molecule has 1 N–H and O–H groups in total. The summed E-state index contributed by atoms with van der Waals surface area (Å²) in [6, 6.07) is 4.52. The number of ether oxygens (including phenoxy) is 1. The normalized spacial score (nSPS) is 20.7. The Labute approximate surface area is 98.4 Å². The minimum absolute atomic E-state index is 0.551. The molecule has 0 unspecified atom stereocenters. The summed E-state index contributed by atoms with van der Waals surface area (Å²) >= 11 is 3.34. The minimum Gasteiger partial charge on any atom is -0.375 e. The van der Waals surface area contributed by atoms with Crippen LogP contribution in [0.5, 0.6) is 0 Å². The average Bonchev–Trinajstić information content (AvgIpc) is 2.71. The zero-order valence-corrected chi connectivity index (χ0v) is 10.2. The molecule has 0 aliphatic carbocycles. The molecule has 4 heteroatoms. The van der Waals surface area contributed by atoms with Crippen LogP contribution in [0.4, 0.5) is 0 Å². The zero-order chi connectivity index (χ0) is 10.5. The Morgan fingerprint density at radius 3 is 3.27 bits per heavy atom. The first kappa shape index (κ1) is 11.0. The summed E-state index contributed by atoms with van der Waals surface area (Å²) < 4.78 is 6.51. The largest absolute Gasteiger partial charge is 0.375 e. The van der Waals surface area contributed by atoms with Crippen LogP contribution in [0.3, 0.4) is 0 Å². The molecule has 0 radical (unpaired) electrons. The van der Waals surface area contributed by atoms with Gasteiger partial charge in [0.1, 0.15) is 4.60 Å². The van der Waals surface area contributed by atoms with Crippen LogP contribution in [-0.4, -0.2) is 24.2 Å². The molecule has 1 saturated heterocycles. The Hall–Kier alpha value is -0.450. The van der Waals surface area contributed by atoms with Gasteiger partial charge in [-0.25, -0.2) is 4.98 Å². The number of halogens is 1. The first-order chi connectivity index (χ1) is 7.34. The van der Waals surface area contributed by atoms with Gasteiger partial charge in [-0.15, -0.1) is 0 Å². The van der Waals surface area contributed by atoms with Crippen molar-refractivity contribution in [1.29, 1.82) is 0 Å². The van der Waals surface area contributed by atoms with Crippen molar-refractivity contribution < 1.29 is 4.74 Å². The molecule has 1 aromatic rings. The maximum atomic E-state index is 5.65. The Balaban J connectivity index is 1.73. The Morgan fingerprint density at radius 1 is 1.60 bits per heavy atom. The van der Waals surface area contributed by atoms with Gasteiger partial charge < -0.3 is 10.1 Å². The summed E-state index contributed by atoms with van der Waals surface area (Å²) in [5, 5.41) is 3.41. The summed E-state index contributed by atoms with van der Waals surface area (Å²) in [7, 11) is 0. The van der Waals surface area contributed by atoms with Crippen LogP contribution >= 0.6 is 15.9 Å². The van der Waals surface area contributed by atoms with Crippen molar-refractivity contribution in [2.24, 2.45) is 0 Å². The van der Waals surface area contributed by atoms with Crippen LogP contribution < -0.4 is 5.32 Å². The van der Waals surface area contributed by atoms with E-state index in [1.54, 1.807) is 6.20 Å². The third-order valence-electron chi connectivity index (χ3n) is 2.54. The summed E-state index contributed by atoms with van der Waals surface area (Å²) in [5.41, 5.74) is 1.16. The first-order valence-corrected chi connectivity index (χ1v) is 6.05. The van der Waals surface area contributed by atoms with Crippen LogP contribution in [0.15, 0.2) is 22.9 Å². The Morgan fingerprint density at radius 2 is 2.53 bits per heavy atom. The molecule has 15 heavy (non-hydrogen) atoms. The highest BCUT2D eigenvalue weighted by Crippen LogP contribution is 2.10. The molecule has 0 bridgehead atoms. The molecule has 0 aromatic carbocycles. The van der Waals surface area contributed by atoms with Crippen molar-refractivity contribution in [2.45, 2.75) is 25.5 Å². The first-order valence-electron chi connectivity index (χ1n) is 5.26. The summed E-state index contributed by atoms with van der Waals surface area (Å²) in [5.74, 6) is 0. The van der Waals surface area contributed by atoms with Crippen molar-refractivity contribution in [3.63, 3.8) is 0 Å². The second-order valence-electron chi connectivity index (χ2n) is 3.80. The molecule has 3 nitrogen and oxygen atoms in total. The van der Waals surface area contributed by atoms with E-state index in [0.717, 1.165) is 23.3 Å². The predicted octanol–water partition coefficient (Wildman–Crippen LogP) is 2.11. The zero-order valence-electron chi connectivity index (χ0n) is 8.58. The number of nitrogens with zero attached hydrogens (tertiary/aromatic N) is 1. The molecule has 82 valence electrons. The van der Waals surface area contributed by atoms with Gasteiger partial charge in [-0.05, 0) is 53.0 Å². The fraction of sp³-hybridized carbons (Fsp3) is 0.545. The fourth-order valence-corrected chi connectivity index (χ4v) is 2.16. The van der Waals surface area contributed by atoms with Crippen LogP contribution in [0.25, 0.3) is 0 Å². The van der Waals surface area contributed by atoms with E-state index in [1.165, 1.54) is 12.8 Å². The molecule has 1 atom stereocenters. The van der Waals surface area contributed by atoms with Crippen LogP contribution in [0, 0.1) is 0 Å². The van der Waals surface area contributed by atoms with Gasteiger partial charge in [0, 0.05) is 12.2 Å². The lowest BCUT2D eigenvalue weighted by Gasteiger charge is -2.10. The van der Waals surface area contributed by atoms with E-state index in [0.29, 0.717) is 12.6 Å². The molecule has 0 saturated carbocycles. The lowest BCUT2D eigenvalue weighted by Crippen LogP contribution is -2.26. The molecule has 1 aliphatic rings. The molecule has 2 heterocycles. The van der Waals surface area contributed by atoms with E-state index in [-0.39, 0.29) is 0 Å². The average molecular weight is 271 g/mol. The molecule has 0 amide bonds. The van der Waals surface area contributed by atoms with Crippen molar-refractivity contribution in [3.05, 3.63) is 28.5 Å². The standard InChI is InChI=1S/C11H15BrN2O/c12-11-6-9(3-5-14-11)7-15-8-10-2-1-4-13-10/h3,5-6,10,13H,1-2,4,7-8H2/t10-/m1/s1. The van der Waals surface area contributed by atoms with Crippen LogP contribution in [0.1, 0.15) is 18.4 Å². The van der Waals surface area contributed by atoms with Crippen LogP contribution in [0.2, 0.25) is 0 Å². The van der Waals surface area contributed by atoms with Gasteiger partial charge in [-0.3, -0.25) is 0 Å². The minimum atomic E-state index is 0.551. The van der Waals surface area contributed by atoms with E-state index in [9.17, 15) is 0 Å². The Bertz CT molecular complexity index is 313. The third-order valence-corrected chi connectivity index (χ3v) is 2.97. The highest BCUT2D eigenvalue weighted by molar-refractivity contribution is 9.10. The summed E-state index contributed by atoms with van der Waals surface area (Å²) in [4.78, 5) is 4.07. The van der Waals surface area contributed by atoms with Gasteiger partial charge >= 0.3 is 0 Å². The number of hydrogen-bond acceptors (Lipinski definition) is 3. The topological polar surface area (TPSA) is 34.1 Å². The van der Waals surface area contributed by atoms with Crippen molar-refractivity contribution in [2.75, 3.05) is 13.2 Å². The monoisotopic (exact) mass is 270 g/mol. The lowest BCUT2D eigenvalue weighted by atomic mass is 10.2. The second-order valence-corrected chi connectivity index (χ2v) is 4.61. The van der Waals surface area contributed by atoms with E-state index in [1.807, 2.05) is 12.1 Å². The predicted molar refractivity (Wildman–Crippen MR) is 62.6 cm³/mol. The lowest BCUT2D eigenvalue weighted by molar-refractivity contribution is 0.103. The van der Waals surface area contributed by atoms with E-state index >= 15 is 0 Å². The fourth-order valence-electron chi connectivity index (χ4n) is 1.75. The smallest absolute Gasteiger partial charge is 0.106 e. The van der Waals surface area contributed by atoms with Crippen molar-refractivity contribution in [1.82, 2.24) is 10.3 Å². The number of aromatic nitrogens is 1. The van der Waals surface area contributed by atoms with E-state index in [4.69, 9.17) is 4.74 Å². The number of hydrogen-bond donors (Lipinski definition) is 1. The van der Waals surface area contributed by atoms with Gasteiger partial charge in [-0.1, -0.05) is 0 Å². The Kier molecular flexibility index (Phi) is 4.11. The van der Waals surface area contributed by atoms with Crippen LogP contribution in [-0.2, 0) is 11.3 Å². The highest BCUT2D eigenvalue weighted by Gasteiger charge is 2.13. The van der Waals surface area contributed by atoms with E-state index in [2.05, 4.69) is 26.2 Å². The van der Waals surface area contributed by atoms with Gasteiger partial charge in [0.25, 0.3) is 0 Å². The number of nitrogens with one attached hydrogen (secondary N) is 1. The SMILES string of the molecule is Brc1cc(COC[C@H]2CCCN2)ccn1. The maximum absolute atomic E-state index is 5.65. The molecule has 1 aromatic heterocycles. The molecule has 2 rings (SSSR count).